The number of carbonyl (C=O) groups is 1. The average Bonchev–Trinajstić information content (AvgIpc) is 2.17. The highest BCUT2D eigenvalue weighted by Crippen LogP contribution is 2.24. The number of benzene rings is 1. The van der Waals surface area contributed by atoms with Gasteiger partial charge in [-0.3, -0.25) is 4.79 Å². The highest BCUT2D eigenvalue weighted by atomic mass is 79.9. The Kier molecular flexibility index (Phi) is 3.65. The van der Waals surface area contributed by atoms with Crippen LogP contribution in [0.1, 0.15) is 19.4 Å². The molecule has 0 saturated heterocycles. The molecule has 1 aromatic carbocycles. The zero-order valence-electron chi connectivity index (χ0n) is 8.75. The number of hydrogen-bond donors (Lipinski definition) is 0. The molecule has 1 aromatic rings. The third kappa shape index (κ3) is 2.90. The Labute approximate surface area is 98.0 Å². The Hall–Kier alpha value is -1.14. The second kappa shape index (κ2) is 4.59. The molecular weight excluding hydrogens is 254 g/mol. The van der Waals surface area contributed by atoms with Crippen molar-refractivity contribution >= 4 is 21.7 Å². The van der Waals surface area contributed by atoms with Gasteiger partial charge < -0.3 is 0 Å². The molecule has 0 aliphatic rings. The monoisotopic (exact) mass is 265 g/mol. The first-order chi connectivity index (χ1) is 6.98. The Morgan fingerprint density at radius 1 is 1.60 bits per heavy atom. The normalized spacial score (nSPS) is 14.0. The summed E-state index contributed by atoms with van der Waals surface area (Å²) in [6.45, 7) is 3.14. The number of nitriles is 1. The van der Waals surface area contributed by atoms with Crippen LogP contribution in [0.4, 0.5) is 0 Å². The van der Waals surface area contributed by atoms with E-state index < -0.39 is 5.41 Å². The fraction of sp³-hybridized carbons (Fsp3) is 0.333. The number of hydrogen-bond acceptors (Lipinski definition) is 2. The molecule has 1 rings (SSSR count). The van der Waals surface area contributed by atoms with Gasteiger partial charge in [-0.1, -0.05) is 28.1 Å². The summed E-state index contributed by atoms with van der Waals surface area (Å²) in [6, 6.07) is 9.75. The van der Waals surface area contributed by atoms with Crippen LogP contribution in [0.2, 0.25) is 0 Å². The third-order valence-electron chi connectivity index (χ3n) is 2.47. The molecule has 0 aliphatic heterocycles. The maximum Gasteiger partial charge on any atom is 0.150 e. The van der Waals surface area contributed by atoms with Crippen LogP contribution < -0.4 is 0 Å². The van der Waals surface area contributed by atoms with Crippen LogP contribution in [-0.4, -0.2) is 5.78 Å². The van der Waals surface area contributed by atoms with Gasteiger partial charge in [-0.2, -0.15) is 5.26 Å². The SMILES string of the molecule is CC(=O)C(C)(C#N)Cc1cccc(Br)c1. The summed E-state index contributed by atoms with van der Waals surface area (Å²) >= 11 is 3.36. The number of carbonyl (C=O) groups excluding carboxylic acids is 1. The molecule has 0 aromatic heterocycles. The summed E-state index contributed by atoms with van der Waals surface area (Å²) < 4.78 is 0.962. The first-order valence-electron chi connectivity index (χ1n) is 4.65. The molecule has 0 heterocycles. The van der Waals surface area contributed by atoms with Crippen LogP contribution >= 0.6 is 15.9 Å². The van der Waals surface area contributed by atoms with Gasteiger partial charge in [-0.15, -0.1) is 0 Å². The van der Waals surface area contributed by atoms with Gasteiger partial charge in [0.05, 0.1) is 6.07 Å². The molecular formula is C12H12BrNO. The molecule has 0 aliphatic carbocycles. The Balaban J connectivity index is 2.95. The molecule has 0 spiro atoms. The minimum Gasteiger partial charge on any atom is -0.298 e. The molecule has 1 atom stereocenters. The molecule has 0 N–H and O–H groups in total. The first-order valence-corrected chi connectivity index (χ1v) is 5.44. The van der Waals surface area contributed by atoms with Crippen LogP contribution in [0, 0.1) is 16.7 Å². The lowest BCUT2D eigenvalue weighted by Crippen LogP contribution is -2.26. The summed E-state index contributed by atoms with van der Waals surface area (Å²) in [7, 11) is 0. The standard InChI is InChI=1S/C12H12BrNO/c1-9(15)12(2,8-14)7-10-4-3-5-11(13)6-10/h3-6H,7H2,1-2H3. The number of rotatable bonds is 3. The van der Waals surface area contributed by atoms with Crippen molar-refractivity contribution < 1.29 is 4.79 Å². The maximum absolute atomic E-state index is 11.4. The van der Waals surface area contributed by atoms with E-state index in [1.165, 1.54) is 6.92 Å². The van der Waals surface area contributed by atoms with Crippen molar-refractivity contribution in [1.29, 1.82) is 5.26 Å². The quantitative estimate of drug-likeness (QED) is 0.843. The van der Waals surface area contributed by atoms with E-state index in [9.17, 15) is 4.79 Å². The highest BCUT2D eigenvalue weighted by Gasteiger charge is 2.29. The Morgan fingerprint density at radius 3 is 2.73 bits per heavy atom. The van der Waals surface area contributed by atoms with Gasteiger partial charge in [-0.05, 0) is 38.0 Å². The molecule has 15 heavy (non-hydrogen) atoms. The molecule has 78 valence electrons. The third-order valence-corrected chi connectivity index (χ3v) is 2.96. The summed E-state index contributed by atoms with van der Waals surface area (Å²) in [5, 5.41) is 9.00. The molecule has 2 nitrogen and oxygen atoms in total. The maximum atomic E-state index is 11.4. The number of nitrogens with zero attached hydrogens (tertiary/aromatic N) is 1. The van der Waals surface area contributed by atoms with E-state index in [0.717, 1.165) is 10.0 Å². The predicted octanol–water partition coefficient (Wildman–Crippen LogP) is 3.11. The van der Waals surface area contributed by atoms with E-state index in [1.807, 2.05) is 24.3 Å². The summed E-state index contributed by atoms with van der Waals surface area (Å²) in [5.74, 6) is -0.0926. The second-order valence-electron chi connectivity index (χ2n) is 3.81. The van der Waals surface area contributed by atoms with E-state index >= 15 is 0 Å². The first kappa shape index (κ1) is 11.9. The number of Topliss-reactive ketones (excluding diaryl/α,β-unsaturated/α-hetero) is 1. The predicted molar refractivity (Wildman–Crippen MR) is 62.2 cm³/mol. The highest BCUT2D eigenvalue weighted by molar-refractivity contribution is 9.10. The van der Waals surface area contributed by atoms with Crippen molar-refractivity contribution in [2.75, 3.05) is 0 Å². The van der Waals surface area contributed by atoms with Crippen molar-refractivity contribution in [1.82, 2.24) is 0 Å². The lowest BCUT2D eigenvalue weighted by molar-refractivity contribution is -0.123. The van der Waals surface area contributed by atoms with Crippen LogP contribution in [0.25, 0.3) is 0 Å². The van der Waals surface area contributed by atoms with Crippen molar-refractivity contribution in [3.8, 4) is 6.07 Å². The number of halogens is 1. The molecule has 0 saturated carbocycles. The van der Waals surface area contributed by atoms with Gasteiger partial charge in [0.2, 0.25) is 0 Å². The number of ketones is 1. The van der Waals surface area contributed by atoms with Gasteiger partial charge in [0.15, 0.2) is 0 Å². The largest absolute Gasteiger partial charge is 0.298 e. The minimum atomic E-state index is -0.916. The molecule has 3 heteroatoms. The molecule has 0 bridgehead atoms. The molecule has 0 radical (unpaired) electrons. The van der Waals surface area contributed by atoms with Gasteiger partial charge in [-0.25, -0.2) is 0 Å². The van der Waals surface area contributed by atoms with Crippen LogP contribution in [0.15, 0.2) is 28.7 Å². The summed E-state index contributed by atoms with van der Waals surface area (Å²) in [5.41, 5.74) is 0.0736. The Morgan fingerprint density at radius 2 is 2.27 bits per heavy atom. The Bertz CT molecular complexity index is 422. The molecule has 0 fully saturated rings. The van der Waals surface area contributed by atoms with Gasteiger partial charge >= 0.3 is 0 Å². The summed E-state index contributed by atoms with van der Waals surface area (Å²) in [4.78, 5) is 11.4. The van der Waals surface area contributed by atoms with Crippen LogP contribution in [0.3, 0.4) is 0 Å². The van der Waals surface area contributed by atoms with Gasteiger partial charge in [0.1, 0.15) is 11.2 Å². The topological polar surface area (TPSA) is 40.9 Å². The van der Waals surface area contributed by atoms with Crippen molar-refractivity contribution in [3.63, 3.8) is 0 Å². The smallest absolute Gasteiger partial charge is 0.150 e. The zero-order valence-corrected chi connectivity index (χ0v) is 10.3. The second-order valence-corrected chi connectivity index (χ2v) is 4.72. The lowest BCUT2D eigenvalue weighted by atomic mass is 9.82. The minimum absolute atomic E-state index is 0.0926. The van der Waals surface area contributed by atoms with E-state index in [1.54, 1.807) is 6.92 Å². The van der Waals surface area contributed by atoms with Gasteiger partial charge in [0, 0.05) is 4.47 Å². The van der Waals surface area contributed by atoms with E-state index in [2.05, 4.69) is 22.0 Å². The molecule has 1 unspecified atom stereocenters. The van der Waals surface area contributed by atoms with Crippen molar-refractivity contribution in [2.45, 2.75) is 20.3 Å². The average molecular weight is 266 g/mol. The zero-order chi connectivity index (χ0) is 11.5. The van der Waals surface area contributed by atoms with Crippen LogP contribution in [-0.2, 0) is 11.2 Å². The fourth-order valence-electron chi connectivity index (χ4n) is 1.30. The van der Waals surface area contributed by atoms with E-state index in [4.69, 9.17) is 5.26 Å². The lowest BCUT2D eigenvalue weighted by Gasteiger charge is -2.17. The van der Waals surface area contributed by atoms with Crippen molar-refractivity contribution in [2.24, 2.45) is 5.41 Å². The van der Waals surface area contributed by atoms with Crippen LogP contribution in [0.5, 0.6) is 0 Å². The van der Waals surface area contributed by atoms with Gasteiger partial charge in [0.25, 0.3) is 0 Å². The van der Waals surface area contributed by atoms with E-state index in [-0.39, 0.29) is 5.78 Å². The van der Waals surface area contributed by atoms with Crippen molar-refractivity contribution in [3.05, 3.63) is 34.3 Å². The molecule has 0 amide bonds. The fourth-order valence-corrected chi connectivity index (χ4v) is 1.74. The summed E-state index contributed by atoms with van der Waals surface area (Å²) in [6.07, 6.45) is 0.457. The van der Waals surface area contributed by atoms with E-state index in [0.29, 0.717) is 6.42 Å².